The predicted molar refractivity (Wildman–Crippen MR) is 104 cm³/mol. The quantitative estimate of drug-likeness (QED) is 0.577. The van der Waals surface area contributed by atoms with Crippen LogP contribution in [0.1, 0.15) is 26.7 Å². The zero-order valence-electron chi connectivity index (χ0n) is 16.9. The van der Waals surface area contributed by atoms with Gasteiger partial charge in [0.2, 0.25) is 17.7 Å². The molecule has 1 amide bonds. The third-order valence-corrected chi connectivity index (χ3v) is 4.69. The molecular weight excluding hydrogens is 415 g/mol. The molecule has 2 heterocycles. The van der Waals surface area contributed by atoms with Gasteiger partial charge in [-0.25, -0.2) is 23.1 Å². The molecule has 0 bridgehead atoms. The predicted octanol–water partition coefficient (Wildman–Crippen LogP) is 3.95. The molecule has 0 aliphatic heterocycles. The Labute approximate surface area is 175 Å². The van der Waals surface area contributed by atoms with E-state index in [4.69, 9.17) is 13.9 Å². The lowest BCUT2D eigenvalue weighted by molar-refractivity contribution is -0.119. The molecule has 1 saturated carbocycles. The van der Waals surface area contributed by atoms with E-state index in [0.717, 1.165) is 12.1 Å². The number of amides is 1. The second-order valence-corrected chi connectivity index (χ2v) is 7.63. The molecule has 10 heteroatoms. The monoisotopic (exact) mass is 435 g/mol. The van der Waals surface area contributed by atoms with Gasteiger partial charge in [-0.05, 0) is 31.9 Å². The molecule has 0 unspecified atom stereocenters. The van der Waals surface area contributed by atoms with Crippen molar-refractivity contribution in [3.8, 4) is 23.1 Å². The van der Waals surface area contributed by atoms with Crippen LogP contribution in [0.3, 0.4) is 0 Å². The molecule has 3 aromatic rings. The maximum atomic E-state index is 14.4. The molecular formula is C21H20F3N3O4. The van der Waals surface area contributed by atoms with Crippen LogP contribution in [0.2, 0.25) is 0 Å². The molecule has 0 saturated heterocycles. The number of fused-ring (bicyclic) bond motifs is 1. The number of alkyl halides is 1. The third kappa shape index (κ3) is 4.89. The molecule has 1 aromatic carbocycles. The molecule has 1 aliphatic carbocycles. The summed E-state index contributed by atoms with van der Waals surface area (Å²) in [6.07, 6.45) is 2.05. The normalized spacial score (nSPS) is 15.5. The molecule has 7 nitrogen and oxygen atoms in total. The fourth-order valence-corrected chi connectivity index (χ4v) is 2.92. The molecule has 1 aliphatic rings. The van der Waals surface area contributed by atoms with Gasteiger partial charge in [0.1, 0.15) is 24.4 Å². The van der Waals surface area contributed by atoms with E-state index < -0.39 is 29.7 Å². The highest BCUT2D eigenvalue weighted by atomic mass is 19.1. The Morgan fingerprint density at radius 1 is 1.26 bits per heavy atom. The largest absolute Gasteiger partial charge is 0.484 e. The molecule has 1 N–H and O–H groups in total. The number of carbonyl (C=O) groups excluding carboxylic acids is 1. The van der Waals surface area contributed by atoms with E-state index in [1.165, 1.54) is 19.2 Å². The molecule has 1 fully saturated rings. The van der Waals surface area contributed by atoms with Crippen molar-refractivity contribution in [3.05, 3.63) is 36.0 Å². The number of carbonyl (C=O) groups is 1. The summed E-state index contributed by atoms with van der Waals surface area (Å²) < 4.78 is 58.5. The SMILES string of the molecule is CC(=O)N[C@@H](C)COc1cc2oc(-c3cc(F)c(OCC4(F)CC4)c(F)c3)nc2cn1. The number of hydrogen-bond donors (Lipinski definition) is 1. The number of hydrogen-bond acceptors (Lipinski definition) is 6. The van der Waals surface area contributed by atoms with Gasteiger partial charge in [0.15, 0.2) is 23.0 Å². The fraction of sp³-hybridized carbons (Fsp3) is 0.381. The Morgan fingerprint density at radius 3 is 2.61 bits per heavy atom. The summed E-state index contributed by atoms with van der Waals surface area (Å²) in [7, 11) is 0. The highest BCUT2D eigenvalue weighted by molar-refractivity contribution is 5.76. The van der Waals surface area contributed by atoms with Gasteiger partial charge in [-0.1, -0.05) is 0 Å². The number of nitrogens with zero attached hydrogens (tertiary/aromatic N) is 2. The van der Waals surface area contributed by atoms with Crippen LogP contribution in [0.15, 0.2) is 28.8 Å². The van der Waals surface area contributed by atoms with Crippen molar-refractivity contribution >= 4 is 17.0 Å². The average Bonchev–Trinajstić information content (AvgIpc) is 3.28. The number of rotatable bonds is 8. The minimum absolute atomic E-state index is 0.0194. The Bertz CT molecular complexity index is 1110. The van der Waals surface area contributed by atoms with E-state index in [1.807, 2.05) is 0 Å². The molecule has 4 rings (SSSR count). The lowest BCUT2D eigenvalue weighted by Gasteiger charge is -2.12. The summed E-state index contributed by atoms with van der Waals surface area (Å²) in [5, 5.41) is 2.68. The van der Waals surface area contributed by atoms with Gasteiger partial charge >= 0.3 is 0 Å². The van der Waals surface area contributed by atoms with Crippen molar-refractivity contribution in [2.45, 2.75) is 38.4 Å². The first-order valence-electron chi connectivity index (χ1n) is 9.70. The smallest absolute Gasteiger partial charge is 0.227 e. The second-order valence-electron chi connectivity index (χ2n) is 7.63. The first-order valence-corrected chi connectivity index (χ1v) is 9.70. The van der Waals surface area contributed by atoms with Crippen molar-refractivity contribution in [2.75, 3.05) is 13.2 Å². The Kier molecular flexibility index (Phi) is 5.47. The number of benzene rings is 1. The van der Waals surface area contributed by atoms with Crippen LogP contribution in [-0.4, -0.2) is 40.8 Å². The summed E-state index contributed by atoms with van der Waals surface area (Å²) in [5.41, 5.74) is -0.764. The Hall–Kier alpha value is -3.30. The van der Waals surface area contributed by atoms with Crippen molar-refractivity contribution in [1.82, 2.24) is 15.3 Å². The lowest BCUT2D eigenvalue weighted by Crippen LogP contribution is -2.35. The van der Waals surface area contributed by atoms with Gasteiger partial charge in [-0.3, -0.25) is 4.79 Å². The topological polar surface area (TPSA) is 86.5 Å². The maximum Gasteiger partial charge on any atom is 0.227 e. The summed E-state index contributed by atoms with van der Waals surface area (Å²) >= 11 is 0. The molecule has 164 valence electrons. The molecule has 2 aromatic heterocycles. The minimum Gasteiger partial charge on any atom is -0.484 e. The Morgan fingerprint density at radius 2 is 1.97 bits per heavy atom. The van der Waals surface area contributed by atoms with Crippen LogP contribution < -0.4 is 14.8 Å². The van der Waals surface area contributed by atoms with Gasteiger partial charge in [-0.15, -0.1) is 0 Å². The molecule has 0 spiro atoms. The first kappa shape index (κ1) is 21.0. The second kappa shape index (κ2) is 8.09. The van der Waals surface area contributed by atoms with Crippen molar-refractivity contribution in [2.24, 2.45) is 0 Å². The summed E-state index contributed by atoms with van der Waals surface area (Å²) in [6, 6.07) is 3.30. The van der Waals surface area contributed by atoms with Crippen LogP contribution >= 0.6 is 0 Å². The first-order chi connectivity index (χ1) is 14.7. The fourth-order valence-electron chi connectivity index (χ4n) is 2.92. The van der Waals surface area contributed by atoms with Crippen LogP contribution in [0.5, 0.6) is 11.6 Å². The maximum absolute atomic E-state index is 14.4. The van der Waals surface area contributed by atoms with Crippen LogP contribution in [0.4, 0.5) is 13.2 Å². The van der Waals surface area contributed by atoms with E-state index in [2.05, 4.69) is 15.3 Å². The molecule has 31 heavy (non-hydrogen) atoms. The van der Waals surface area contributed by atoms with Gasteiger partial charge in [0, 0.05) is 18.6 Å². The van der Waals surface area contributed by atoms with Crippen molar-refractivity contribution in [3.63, 3.8) is 0 Å². The van der Waals surface area contributed by atoms with E-state index >= 15 is 0 Å². The van der Waals surface area contributed by atoms with Gasteiger partial charge < -0.3 is 19.2 Å². The number of nitrogens with one attached hydrogen (secondary N) is 1. The van der Waals surface area contributed by atoms with E-state index in [0.29, 0.717) is 23.9 Å². The zero-order chi connectivity index (χ0) is 22.2. The third-order valence-electron chi connectivity index (χ3n) is 4.69. The van der Waals surface area contributed by atoms with Gasteiger partial charge in [0.25, 0.3) is 0 Å². The van der Waals surface area contributed by atoms with E-state index in [9.17, 15) is 18.0 Å². The summed E-state index contributed by atoms with van der Waals surface area (Å²) in [4.78, 5) is 19.3. The highest BCUT2D eigenvalue weighted by Gasteiger charge is 2.44. The Balaban J connectivity index is 1.50. The zero-order valence-corrected chi connectivity index (χ0v) is 16.9. The number of aromatic nitrogens is 2. The van der Waals surface area contributed by atoms with Crippen LogP contribution in [0, 0.1) is 11.6 Å². The minimum atomic E-state index is -1.50. The van der Waals surface area contributed by atoms with E-state index in [-0.39, 0.29) is 35.9 Å². The number of halogens is 3. The number of ether oxygens (including phenoxy) is 2. The van der Waals surface area contributed by atoms with E-state index in [1.54, 1.807) is 6.92 Å². The van der Waals surface area contributed by atoms with Gasteiger partial charge in [-0.2, -0.15) is 0 Å². The van der Waals surface area contributed by atoms with Crippen LogP contribution in [0.25, 0.3) is 22.6 Å². The molecule has 0 radical (unpaired) electrons. The highest BCUT2D eigenvalue weighted by Crippen LogP contribution is 2.40. The lowest BCUT2D eigenvalue weighted by atomic mass is 10.2. The number of pyridine rings is 1. The standard InChI is InChI=1S/C21H20F3N3O4/c1-11(26-12(2)28)9-29-18-7-17-16(8-25-18)27-20(31-17)13-5-14(22)19(15(23)6-13)30-10-21(24)3-4-21/h5-8,11H,3-4,9-10H2,1-2H3,(H,26,28)/t11-/m0/s1. The van der Waals surface area contributed by atoms with Gasteiger partial charge in [0.05, 0.1) is 12.2 Å². The summed E-state index contributed by atoms with van der Waals surface area (Å²) in [6.45, 7) is 2.99. The average molecular weight is 435 g/mol. The number of oxazole rings is 1. The van der Waals surface area contributed by atoms with Crippen LogP contribution in [-0.2, 0) is 4.79 Å². The molecule has 1 atom stereocenters. The summed E-state index contributed by atoms with van der Waals surface area (Å²) in [5.74, 6) is -2.53. The van der Waals surface area contributed by atoms with Crippen molar-refractivity contribution < 1.29 is 31.9 Å². The van der Waals surface area contributed by atoms with Crippen molar-refractivity contribution in [1.29, 1.82) is 0 Å².